The molecule has 1 heterocycles. The van der Waals surface area contributed by atoms with Crippen molar-refractivity contribution in [3.05, 3.63) is 42.2 Å². The molecule has 0 aliphatic heterocycles. The van der Waals surface area contributed by atoms with Gasteiger partial charge in [0.25, 0.3) is 0 Å². The SMILES string of the molecule is CCCNc1cc(Nc2ccccc2C)ncn1. The van der Waals surface area contributed by atoms with Gasteiger partial charge in [-0.25, -0.2) is 9.97 Å². The number of nitrogens with zero attached hydrogens (tertiary/aromatic N) is 2. The van der Waals surface area contributed by atoms with Gasteiger partial charge in [0.15, 0.2) is 0 Å². The Hall–Kier alpha value is -2.10. The summed E-state index contributed by atoms with van der Waals surface area (Å²) in [5, 5.41) is 6.54. The van der Waals surface area contributed by atoms with Crippen LogP contribution in [0.5, 0.6) is 0 Å². The molecular weight excluding hydrogens is 224 g/mol. The molecule has 0 bridgehead atoms. The third kappa shape index (κ3) is 3.20. The Morgan fingerprint density at radius 2 is 1.89 bits per heavy atom. The predicted octanol–water partition coefficient (Wildman–Crippen LogP) is 3.35. The summed E-state index contributed by atoms with van der Waals surface area (Å²) in [6.07, 6.45) is 2.64. The van der Waals surface area contributed by atoms with Crippen LogP contribution in [0.25, 0.3) is 0 Å². The smallest absolute Gasteiger partial charge is 0.135 e. The number of anilines is 3. The van der Waals surface area contributed by atoms with Crippen LogP contribution in [0, 0.1) is 6.92 Å². The zero-order valence-electron chi connectivity index (χ0n) is 10.8. The minimum Gasteiger partial charge on any atom is -0.370 e. The highest BCUT2D eigenvalue weighted by atomic mass is 15.1. The first-order valence-corrected chi connectivity index (χ1v) is 6.18. The summed E-state index contributed by atoms with van der Waals surface area (Å²) in [6, 6.07) is 10.1. The fraction of sp³-hybridized carbons (Fsp3) is 0.286. The van der Waals surface area contributed by atoms with E-state index in [0.29, 0.717) is 0 Å². The van der Waals surface area contributed by atoms with E-state index in [1.807, 2.05) is 24.3 Å². The molecule has 0 saturated heterocycles. The number of para-hydroxylation sites is 1. The highest BCUT2D eigenvalue weighted by Gasteiger charge is 2.00. The Labute approximate surface area is 107 Å². The van der Waals surface area contributed by atoms with Crippen LogP contribution < -0.4 is 10.6 Å². The first-order chi connectivity index (χ1) is 8.79. The lowest BCUT2D eigenvalue weighted by molar-refractivity contribution is 0.965. The topological polar surface area (TPSA) is 49.8 Å². The first-order valence-electron chi connectivity index (χ1n) is 6.18. The molecule has 1 aromatic carbocycles. The van der Waals surface area contributed by atoms with E-state index >= 15 is 0 Å². The molecule has 1 aromatic heterocycles. The first kappa shape index (κ1) is 12.4. The molecule has 4 nitrogen and oxygen atoms in total. The Balaban J connectivity index is 2.12. The van der Waals surface area contributed by atoms with E-state index in [2.05, 4.69) is 40.5 Å². The van der Waals surface area contributed by atoms with Crippen molar-refractivity contribution in [2.45, 2.75) is 20.3 Å². The molecule has 0 saturated carbocycles. The van der Waals surface area contributed by atoms with E-state index in [1.54, 1.807) is 6.33 Å². The van der Waals surface area contributed by atoms with Gasteiger partial charge in [-0.2, -0.15) is 0 Å². The van der Waals surface area contributed by atoms with Gasteiger partial charge in [-0.15, -0.1) is 0 Å². The molecule has 0 radical (unpaired) electrons. The van der Waals surface area contributed by atoms with Crippen molar-refractivity contribution in [3.63, 3.8) is 0 Å². The average molecular weight is 242 g/mol. The Kier molecular flexibility index (Phi) is 4.12. The largest absolute Gasteiger partial charge is 0.370 e. The van der Waals surface area contributed by atoms with E-state index in [9.17, 15) is 0 Å². The Bertz CT molecular complexity index is 511. The third-order valence-electron chi connectivity index (χ3n) is 2.63. The van der Waals surface area contributed by atoms with Gasteiger partial charge in [-0.1, -0.05) is 25.1 Å². The lowest BCUT2D eigenvalue weighted by Crippen LogP contribution is -2.03. The van der Waals surface area contributed by atoms with Crippen molar-refractivity contribution >= 4 is 17.3 Å². The maximum absolute atomic E-state index is 4.22. The fourth-order valence-electron chi connectivity index (χ4n) is 1.63. The zero-order valence-corrected chi connectivity index (χ0v) is 10.8. The second-order valence-electron chi connectivity index (χ2n) is 4.16. The number of aromatic nitrogens is 2. The number of hydrogen-bond donors (Lipinski definition) is 2. The van der Waals surface area contributed by atoms with Gasteiger partial charge in [-0.3, -0.25) is 0 Å². The summed E-state index contributed by atoms with van der Waals surface area (Å²) in [5.74, 6) is 1.65. The van der Waals surface area contributed by atoms with Crippen molar-refractivity contribution in [1.82, 2.24) is 9.97 Å². The molecule has 0 aliphatic carbocycles. The van der Waals surface area contributed by atoms with Crippen LogP contribution >= 0.6 is 0 Å². The predicted molar refractivity (Wildman–Crippen MR) is 75.3 cm³/mol. The Morgan fingerprint density at radius 1 is 1.11 bits per heavy atom. The number of benzene rings is 1. The summed E-state index contributed by atoms with van der Waals surface area (Å²) in [7, 11) is 0. The van der Waals surface area contributed by atoms with E-state index in [1.165, 1.54) is 5.56 Å². The molecule has 0 amide bonds. The number of hydrogen-bond acceptors (Lipinski definition) is 4. The quantitative estimate of drug-likeness (QED) is 0.844. The summed E-state index contributed by atoms with van der Waals surface area (Å²) < 4.78 is 0. The molecule has 0 fully saturated rings. The van der Waals surface area contributed by atoms with Crippen LogP contribution in [-0.4, -0.2) is 16.5 Å². The van der Waals surface area contributed by atoms with Crippen LogP contribution in [0.15, 0.2) is 36.7 Å². The maximum atomic E-state index is 4.22. The second-order valence-corrected chi connectivity index (χ2v) is 4.16. The maximum Gasteiger partial charge on any atom is 0.135 e. The summed E-state index contributed by atoms with van der Waals surface area (Å²) >= 11 is 0. The van der Waals surface area contributed by atoms with Gasteiger partial charge in [-0.05, 0) is 25.0 Å². The lowest BCUT2D eigenvalue weighted by atomic mass is 10.2. The minimum absolute atomic E-state index is 0.804. The molecule has 4 heteroatoms. The summed E-state index contributed by atoms with van der Waals surface area (Å²) in [6.45, 7) is 5.11. The van der Waals surface area contributed by atoms with Gasteiger partial charge in [0.05, 0.1) is 0 Å². The van der Waals surface area contributed by atoms with Crippen molar-refractivity contribution in [3.8, 4) is 0 Å². The highest BCUT2D eigenvalue weighted by Crippen LogP contribution is 2.19. The molecule has 2 aromatic rings. The van der Waals surface area contributed by atoms with E-state index in [-0.39, 0.29) is 0 Å². The molecule has 0 atom stereocenters. The van der Waals surface area contributed by atoms with E-state index in [0.717, 1.165) is 30.3 Å². The molecule has 94 valence electrons. The van der Waals surface area contributed by atoms with Crippen LogP contribution in [0.4, 0.5) is 17.3 Å². The van der Waals surface area contributed by atoms with Gasteiger partial charge >= 0.3 is 0 Å². The molecule has 18 heavy (non-hydrogen) atoms. The molecule has 0 unspecified atom stereocenters. The van der Waals surface area contributed by atoms with Crippen LogP contribution in [0.3, 0.4) is 0 Å². The van der Waals surface area contributed by atoms with Crippen LogP contribution in [-0.2, 0) is 0 Å². The standard InChI is InChI=1S/C14H18N4/c1-3-8-15-13-9-14(17-10-16-13)18-12-7-5-4-6-11(12)2/h4-7,9-10H,3,8H2,1-2H3,(H2,15,16,17,18). The van der Waals surface area contributed by atoms with Crippen molar-refractivity contribution < 1.29 is 0 Å². The van der Waals surface area contributed by atoms with Crippen molar-refractivity contribution in [2.24, 2.45) is 0 Å². The molecule has 2 rings (SSSR count). The molecule has 0 aliphatic rings. The average Bonchev–Trinajstić information content (AvgIpc) is 2.40. The normalized spacial score (nSPS) is 10.1. The monoisotopic (exact) mass is 242 g/mol. The van der Waals surface area contributed by atoms with Crippen LogP contribution in [0.1, 0.15) is 18.9 Å². The highest BCUT2D eigenvalue weighted by molar-refractivity contribution is 5.61. The number of rotatable bonds is 5. The van der Waals surface area contributed by atoms with Gasteiger partial charge in [0.1, 0.15) is 18.0 Å². The third-order valence-corrected chi connectivity index (χ3v) is 2.63. The molecular formula is C14H18N4. The summed E-state index contributed by atoms with van der Waals surface area (Å²) in [5.41, 5.74) is 2.26. The number of nitrogens with one attached hydrogen (secondary N) is 2. The Morgan fingerprint density at radius 3 is 2.67 bits per heavy atom. The van der Waals surface area contributed by atoms with E-state index < -0.39 is 0 Å². The minimum atomic E-state index is 0.804. The van der Waals surface area contributed by atoms with Crippen molar-refractivity contribution in [2.75, 3.05) is 17.2 Å². The lowest BCUT2D eigenvalue weighted by Gasteiger charge is -2.09. The van der Waals surface area contributed by atoms with Crippen LogP contribution in [0.2, 0.25) is 0 Å². The second kappa shape index (κ2) is 6.00. The zero-order chi connectivity index (χ0) is 12.8. The van der Waals surface area contributed by atoms with Gasteiger partial charge in [0.2, 0.25) is 0 Å². The number of aryl methyl sites for hydroxylation is 1. The fourth-order valence-corrected chi connectivity index (χ4v) is 1.63. The van der Waals surface area contributed by atoms with Crippen molar-refractivity contribution in [1.29, 1.82) is 0 Å². The molecule has 0 spiro atoms. The van der Waals surface area contributed by atoms with E-state index in [4.69, 9.17) is 0 Å². The summed E-state index contributed by atoms with van der Waals surface area (Å²) in [4.78, 5) is 8.40. The van der Waals surface area contributed by atoms with Gasteiger partial charge < -0.3 is 10.6 Å². The van der Waals surface area contributed by atoms with Gasteiger partial charge in [0, 0.05) is 18.3 Å². The molecule has 2 N–H and O–H groups in total.